The maximum Gasteiger partial charge on any atom is 0.195 e. The Morgan fingerprint density at radius 2 is 2.33 bits per heavy atom. The van der Waals surface area contributed by atoms with Crippen molar-refractivity contribution in [2.75, 3.05) is 0 Å². The lowest BCUT2D eigenvalue weighted by molar-refractivity contribution is -0.111. The summed E-state index contributed by atoms with van der Waals surface area (Å²) in [5.41, 5.74) is 0.144. The molecule has 0 aromatic carbocycles. The average molecular weight is 121 g/mol. The van der Waals surface area contributed by atoms with Crippen LogP contribution in [-0.2, 0) is 4.79 Å². The second kappa shape index (κ2) is 3.62. The largest absolute Gasteiger partial charge is 0.289 e. The van der Waals surface area contributed by atoms with E-state index in [0.717, 1.165) is 6.08 Å². The van der Waals surface area contributed by atoms with E-state index in [1.54, 1.807) is 13.0 Å². The lowest BCUT2D eigenvalue weighted by Gasteiger charge is -1.84. The molecule has 0 fully saturated rings. The molecule has 0 N–H and O–H groups in total. The van der Waals surface area contributed by atoms with Crippen molar-refractivity contribution in [2.45, 2.75) is 6.92 Å². The molecule has 0 aliphatic carbocycles. The molecule has 9 heavy (non-hydrogen) atoms. The van der Waals surface area contributed by atoms with E-state index in [-0.39, 0.29) is 11.4 Å². The first-order chi connectivity index (χ1) is 4.26. The molecule has 46 valence electrons. The highest BCUT2D eigenvalue weighted by Gasteiger charge is 1.99. The molecule has 0 saturated carbocycles. The molecule has 0 unspecified atom stereocenters. The van der Waals surface area contributed by atoms with Crippen molar-refractivity contribution in [3.63, 3.8) is 0 Å². The first-order valence-corrected chi connectivity index (χ1v) is 2.49. The van der Waals surface area contributed by atoms with Crippen LogP contribution in [0.15, 0.2) is 24.3 Å². The van der Waals surface area contributed by atoms with Crippen molar-refractivity contribution in [2.24, 2.45) is 0 Å². The minimum atomic E-state index is -0.319. The van der Waals surface area contributed by atoms with Crippen LogP contribution in [0.5, 0.6) is 0 Å². The van der Waals surface area contributed by atoms with Crippen molar-refractivity contribution < 1.29 is 4.79 Å². The third kappa shape index (κ3) is 1.92. The summed E-state index contributed by atoms with van der Waals surface area (Å²) in [5, 5.41) is 8.24. The van der Waals surface area contributed by atoms with Gasteiger partial charge in [0.1, 0.15) is 6.07 Å². The Balaban J connectivity index is 4.37. The van der Waals surface area contributed by atoms with Gasteiger partial charge >= 0.3 is 0 Å². The van der Waals surface area contributed by atoms with Crippen molar-refractivity contribution in [3.05, 3.63) is 24.3 Å². The van der Waals surface area contributed by atoms with Gasteiger partial charge in [-0.25, -0.2) is 0 Å². The van der Waals surface area contributed by atoms with Crippen LogP contribution in [0.2, 0.25) is 0 Å². The second-order valence-corrected chi connectivity index (χ2v) is 1.38. The average Bonchev–Trinajstić information content (AvgIpc) is 1.90. The summed E-state index contributed by atoms with van der Waals surface area (Å²) in [6.45, 7) is 4.87. The third-order valence-electron chi connectivity index (χ3n) is 0.860. The van der Waals surface area contributed by atoms with Crippen LogP contribution in [-0.4, -0.2) is 5.78 Å². The summed E-state index contributed by atoms with van der Waals surface area (Å²) in [5.74, 6) is -0.319. The van der Waals surface area contributed by atoms with Crippen LogP contribution < -0.4 is 0 Å². The Bertz CT molecular complexity index is 195. The van der Waals surface area contributed by atoms with Crippen LogP contribution in [0, 0.1) is 11.3 Å². The fourth-order valence-electron chi connectivity index (χ4n) is 0.372. The number of allylic oxidation sites excluding steroid dienone is 3. The molecule has 0 amide bonds. The molecule has 2 nitrogen and oxygen atoms in total. The van der Waals surface area contributed by atoms with E-state index in [4.69, 9.17) is 5.26 Å². The van der Waals surface area contributed by atoms with E-state index in [2.05, 4.69) is 6.58 Å². The highest BCUT2D eigenvalue weighted by molar-refractivity contribution is 6.06. The van der Waals surface area contributed by atoms with Gasteiger partial charge in [0.25, 0.3) is 0 Å². The van der Waals surface area contributed by atoms with Crippen molar-refractivity contribution in [3.8, 4) is 6.07 Å². The molecule has 0 spiro atoms. The standard InChI is InChI=1S/C7H7NO/c1-3-6(5-8)7(9)4-2/h3-4H,2H2,1H3. The zero-order valence-electron chi connectivity index (χ0n) is 5.22. The number of carbonyl (C=O) groups excluding carboxylic acids is 1. The predicted octanol–water partition coefficient (Wildman–Crippen LogP) is 1.21. The van der Waals surface area contributed by atoms with Crippen molar-refractivity contribution in [1.29, 1.82) is 5.26 Å². The smallest absolute Gasteiger partial charge is 0.195 e. The SMILES string of the molecule is C=CC(=O)C(C#N)=CC. The van der Waals surface area contributed by atoms with E-state index in [0.29, 0.717) is 0 Å². The number of carbonyl (C=O) groups is 1. The Kier molecular flexibility index (Phi) is 3.07. The van der Waals surface area contributed by atoms with Crippen LogP contribution in [0.3, 0.4) is 0 Å². The van der Waals surface area contributed by atoms with Gasteiger partial charge in [-0.1, -0.05) is 12.7 Å². The van der Waals surface area contributed by atoms with Gasteiger partial charge in [-0.3, -0.25) is 4.79 Å². The van der Waals surface area contributed by atoms with Gasteiger partial charge in [0.15, 0.2) is 5.78 Å². The maximum atomic E-state index is 10.6. The fraction of sp³-hybridized carbons (Fsp3) is 0.143. The number of rotatable bonds is 2. The summed E-state index contributed by atoms with van der Waals surface area (Å²) in [6.07, 6.45) is 2.59. The number of nitrogens with zero attached hydrogens (tertiary/aromatic N) is 1. The quantitative estimate of drug-likeness (QED) is 0.407. The second-order valence-electron chi connectivity index (χ2n) is 1.38. The molecule has 0 rings (SSSR count). The highest BCUT2D eigenvalue weighted by atomic mass is 16.1. The normalized spacial score (nSPS) is 10.0. The Labute approximate surface area is 54.1 Å². The van der Waals surface area contributed by atoms with Gasteiger partial charge in [-0.2, -0.15) is 5.26 Å². The van der Waals surface area contributed by atoms with Gasteiger partial charge in [0.2, 0.25) is 0 Å². The molecule has 0 bridgehead atoms. The fourth-order valence-corrected chi connectivity index (χ4v) is 0.372. The van der Waals surface area contributed by atoms with E-state index in [1.165, 1.54) is 6.08 Å². The highest BCUT2D eigenvalue weighted by Crippen LogP contribution is 1.93. The van der Waals surface area contributed by atoms with E-state index in [1.807, 2.05) is 0 Å². The lowest BCUT2D eigenvalue weighted by Crippen LogP contribution is -1.93. The Hall–Kier alpha value is -1.36. The van der Waals surface area contributed by atoms with E-state index < -0.39 is 0 Å². The molecule has 0 aliphatic heterocycles. The Morgan fingerprint density at radius 1 is 1.78 bits per heavy atom. The Morgan fingerprint density at radius 3 is 2.44 bits per heavy atom. The van der Waals surface area contributed by atoms with Gasteiger partial charge in [0.05, 0.1) is 5.57 Å². The summed E-state index contributed by atoms with van der Waals surface area (Å²) in [7, 11) is 0. The topological polar surface area (TPSA) is 40.9 Å². The number of hydrogen-bond acceptors (Lipinski definition) is 2. The predicted molar refractivity (Wildman–Crippen MR) is 34.6 cm³/mol. The zero-order valence-corrected chi connectivity index (χ0v) is 5.22. The molecule has 0 radical (unpaired) electrons. The summed E-state index contributed by atoms with van der Waals surface area (Å²) < 4.78 is 0. The summed E-state index contributed by atoms with van der Waals surface area (Å²) >= 11 is 0. The summed E-state index contributed by atoms with van der Waals surface area (Å²) in [6, 6.07) is 1.74. The molecule has 0 aliphatic rings. The number of nitriles is 1. The van der Waals surface area contributed by atoms with Gasteiger partial charge < -0.3 is 0 Å². The molecule has 0 saturated heterocycles. The zero-order chi connectivity index (χ0) is 7.28. The van der Waals surface area contributed by atoms with E-state index >= 15 is 0 Å². The number of ketones is 1. The molecular formula is C7H7NO. The molecule has 0 heterocycles. The van der Waals surface area contributed by atoms with Crippen LogP contribution in [0.25, 0.3) is 0 Å². The molecular weight excluding hydrogens is 114 g/mol. The number of hydrogen-bond donors (Lipinski definition) is 0. The van der Waals surface area contributed by atoms with Crippen molar-refractivity contribution in [1.82, 2.24) is 0 Å². The van der Waals surface area contributed by atoms with Gasteiger partial charge in [-0.05, 0) is 13.0 Å². The first kappa shape index (κ1) is 7.64. The molecule has 2 heteroatoms. The van der Waals surface area contributed by atoms with Gasteiger partial charge in [0, 0.05) is 0 Å². The molecule has 0 aromatic heterocycles. The van der Waals surface area contributed by atoms with Crippen LogP contribution in [0.1, 0.15) is 6.92 Å². The third-order valence-corrected chi connectivity index (χ3v) is 0.860. The van der Waals surface area contributed by atoms with Crippen LogP contribution >= 0.6 is 0 Å². The first-order valence-electron chi connectivity index (χ1n) is 2.49. The minimum Gasteiger partial charge on any atom is -0.289 e. The monoisotopic (exact) mass is 121 g/mol. The van der Waals surface area contributed by atoms with Gasteiger partial charge in [-0.15, -0.1) is 0 Å². The molecule has 0 atom stereocenters. The maximum absolute atomic E-state index is 10.6. The van der Waals surface area contributed by atoms with Crippen LogP contribution in [0.4, 0.5) is 0 Å². The van der Waals surface area contributed by atoms with E-state index in [9.17, 15) is 4.79 Å². The van der Waals surface area contributed by atoms with Crippen molar-refractivity contribution >= 4 is 5.78 Å². The summed E-state index contributed by atoms with van der Waals surface area (Å²) in [4.78, 5) is 10.6. The lowest BCUT2D eigenvalue weighted by atomic mass is 10.2. The molecule has 0 aromatic rings. The minimum absolute atomic E-state index is 0.144.